The Labute approximate surface area is 162 Å². The summed E-state index contributed by atoms with van der Waals surface area (Å²) in [7, 11) is -2.18. The van der Waals surface area contributed by atoms with Crippen LogP contribution in [-0.4, -0.2) is 40.1 Å². The number of methoxy groups -OCH3 is 1. The molecular weight excluding hydrogens is 360 g/mol. The highest BCUT2D eigenvalue weighted by molar-refractivity contribution is 7.89. The van der Waals surface area contributed by atoms with Gasteiger partial charge in [-0.25, -0.2) is 13.1 Å². The highest BCUT2D eigenvalue weighted by Gasteiger charge is 2.26. The van der Waals surface area contributed by atoms with Crippen molar-refractivity contribution in [2.75, 3.05) is 26.7 Å². The average molecular weight is 389 g/mol. The van der Waals surface area contributed by atoms with E-state index in [4.69, 9.17) is 4.74 Å². The molecule has 1 atom stereocenters. The lowest BCUT2D eigenvalue weighted by atomic mass is 10.0. The van der Waals surface area contributed by atoms with Gasteiger partial charge in [-0.05, 0) is 56.1 Å². The van der Waals surface area contributed by atoms with Crippen LogP contribution >= 0.6 is 0 Å². The van der Waals surface area contributed by atoms with Crippen LogP contribution in [0.25, 0.3) is 0 Å². The number of rotatable bonds is 7. The molecule has 2 aromatic carbocycles. The summed E-state index contributed by atoms with van der Waals surface area (Å²) in [4.78, 5) is 2.57. The maximum absolute atomic E-state index is 13.0. The number of ether oxygens (including phenoxy) is 1. The third-order valence-corrected chi connectivity index (χ3v) is 6.54. The van der Waals surface area contributed by atoms with Crippen molar-refractivity contribution in [3.63, 3.8) is 0 Å². The fraction of sp³-hybridized carbons (Fsp3) is 0.429. The van der Waals surface area contributed by atoms with Crippen LogP contribution in [0.15, 0.2) is 53.4 Å². The van der Waals surface area contributed by atoms with Gasteiger partial charge in [-0.15, -0.1) is 0 Å². The maximum Gasteiger partial charge on any atom is 0.244 e. The molecule has 1 aliphatic rings. The molecule has 0 aliphatic carbocycles. The van der Waals surface area contributed by atoms with Crippen molar-refractivity contribution in [3.8, 4) is 5.75 Å². The number of nitrogens with one attached hydrogen (secondary N) is 1. The van der Waals surface area contributed by atoms with Gasteiger partial charge in [-0.1, -0.05) is 42.8 Å². The van der Waals surface area contributed by atoms with Crippen molar-refractivity contribution in [2.45, 2.75) is 37.1 Å². The molecule has 1 N–H and O–H groups in total. The van der Waals surface area contributed by atoms with Crippen LogP contribution in [0, 0.1) is 6.92 Å². The van der Waals surface area contributed by atoms with E-state index in [9.17, 15) is 8.42 Å². The van der Waals surface area contributed by atoms with Crippen LogP contribution in [-0.2, 0) is 10.0 Å². The molecular formula is C21H28N2O3S. The Kier molecular flexibility index (Phi) is 6.52. The molecule has 0 bridgehead atoms. The van der Waals surface area contributed by atoms with Gasteiger partial charge in [0.25, 0.3) is 0 Å². The van der Waals surface area contributed by atoms with Gasteiger partial charge in [-0.3, -0.25) is 4.90 Å². The van der Waals surface area contributed by atoms with Crippen LogP contribution in [0.2, 0.25) is 0 Å². The summed E-state index contributed by atoms with van der Waals surface area (Å²) >= 11 is 0. The minimum Gasteiger partial charge on any atom is -0.495 e. The summed E-state index contributed by atoms with van der Waals surface area (Å²) < 4.78 is 34.0. The predicted octanol–water partition coefficient (Wildman–Crippen LogP) is 3.51. The number of piperidine rings is 1. The lowest BCUT2D eigenvalue weighted by Gasteiger charge is -2.35. The summed E-state index contributed by atoms with van der Waals surface area (Å²) in [5.41, 5.74) is 2.02. The van der Waals surface area contributed by atoms with Gasteiger partial charge >= 0.3 is 0 Å². The zero-order valence-corrected chi connectivity index (χ0v) is 16.8. The van der Waals surface area contributed by atoms with Crippen molar-refractivity contribution < 1.29 is 13.2 Å². The Morgan fingerprint density at radius 2 is 1.78 bits per heavy atom. The van der Waals surface area contributed by atoms with E-state index in [2.05, 4.69) is 21.8 Å². The van der Waals surface area contributed by atoms with Crippen molar-refractivity contribution in [2.24, 2.45) is 0 Å². The Bertz CT molecular complexity index is 847. The number of sulfonamides is 1. The fourth-order valence-electron chi connectivity index (χ4n) is 3.62. The summed E-state index contributed by atoms with van der Waals surface area (Å²) in [6, 6.07) is 15.4. The Balaban J connectivity index is 1.83. The Morgan fingerprint density at radius 1 is 1.07 bits per heavy atom. The van der Waals surface area contributed by atoms with Crippen LogP contribution in [0.3, 0.4) is 0 Å². The number of hydrogen-bond acceptors (Lipinski definition) is 4. The van der Waals surface area contributed by atoms with E-state index in [-0.39, 0.29) is 10.9 Å². The molecule has 0 amide bonds. The van der Waals surface area contributed by atoms with Gasteiger partial charge in [0.2, 0.25) is 10.0 Å². The summed E-state index contributed by atoms with van der Waals surface area (Å²) in [5.74, 6) is 0.363. The number of aryl methyl sites for hydroxylation is 1. The fourth-order valence-corrected chi connectivity index (χ4v) is 4.91. The first-order valence-corrected chi connectivity index (χ1v) is 10.9. The van der Waals surface area contributed by atoms with Crippen molar-refractivity contribution in [1.29, 1.82) is 0 Å². The van der Waals surface area contributed by atoms with E-state index >= 15 is 0 Å². The summed E-state index contributed by atoms with van der Waals surface area (Å²) in [6.45, 7) is 4.20. The van der Waals surface area contributed by atoms with Crippen molar-refractivity contribution >= 4 is 10.0 Å². The largest absolute Gasteiger partial charge is 0.495 e. The summed E-state index contributed by atoms with van der Waals surface area (Å²) in [5, 5.41) is 0. The normalized spacial score (nSPS) is 16.8. The van der Waals surface area contributed by atoms with Crippen LogP contribution in [0.4, 0.5) is 0 Å². The molecule has 146 valence electrons. The molecule has 6 heteroatoms. The van der Waals surface area contributed by atoms with Gasteiger partial charge in [-0.2, -0.15) is 0 Å². The number of hydrogen-bond donors (Lipinski definition) is 1. The smallest absolute Gasteiger partial charge is 0.244 e. The van der Waals surface area contributed by atoms with Crippen molar-refractivity contribution in [1.82, 2.24) is 9.62 Å². The quantitative estimate of drug-likeness (QED) is 0.789. The molecule has 1 fully saturated rings. The maximum atomic E-state index is 13.0. The van der Waals surface area contributed by atoms with E-state index in [0.717, 1.165) is 37.1 Å². The zero-order valence-electron chi connectivity index (χ0n) is 16.0. The lowest BCUT2D eigenvalue weighted by Crippen LogP contribution is -2.40. The van der Waals surface area contributed by atoms with Crippen molar-refractivity contribution in [3.05, 3.63) is 59.7 Å². The molecule has 0 radical (unpaired) electrons. The molecule has 0 spiro atoms. The van der Waals surface area contributed by atoms with Gasteiger partial charge in [0.1, 0.15) is 10.6 Å². The SMILES string of the molecule is COc1ccc(C)cc1S(=O)(=O)NCC(c1ccccc1)N1CCCCC1. The molecule has 5 nitrogen and oxygen atoms in total. The predicted molar refractivity (Wildman–Crippen MR) is 108 cm³/mol. The Morgan fingerprint density at radius 3 is 2.44 bits per heavy atom. The minimum absolute atomic E-state index is 0.0251. The first-order valence-electron chi connectivity index (χ1n) is 9.44. The van der Waals surface area contributed by atoms with E-state index in [1.54, 1.807) is 12.1 Å². The molecule has 0 saturated carbocycles. The molecule has 1 unspecified atom stereocenters. The zero-order chi connectivity index (χ0) is 19.3. The van der Waals surface area contributed by atoms with Gasteiger partial charge in [0.15, 0.2) is 0 Å². The summed E-state index contributed by atoms with van der Waals surface area (Å²) in [6.07, 6.45) is 3.55. The number of likely N-dealkylation sites (tertiary alicyclic amines) is 1. The van der Waals surface area contributed by atoms with Crippen LogP contribution in [0.5, 0.6) is 5.75 Å². The highest BCUT2D eigenvalue weighted by Crippen LogP contribution is 2.27. The molecule has 0 aromatic heterocycles. The van der Waals surface area contributed by atoms with E-state index in [0.29, 0.717) is 12.3 Å². The third kappa shape index (κ3) is 4.89. The third-order valence-electron chi connectivity index (χ3n) is 5.09. The van der Waals surface area contributed by atoms with Gasteiger partial charge in [0.05, 0.1) is 7.11 Å². The first-order chi connectivity index (χ1) is 13.0. The topological polar surface area (TPSA) is 58.6 Å². The van der Waals surface area contributed by atoms with E-state index in [1.807, 2.05) is 31.2 Å². The monoisotopic (exact) mass is 388 g/mol. The van der Waals surface area contributed by atoms with E-state index < -0.39 is 10.0 Å². The highest BCUT2D eigenvalue weighted by atomic mass is 32.2. The molecule has 1 aliphatic heterocycles. The second-order valence-electron chi connectivity index (χ2n) is 7.03. The number of benzene rings is 2. The van der Waals surface area contributed by atoms with E-state index in [1.165, 1.54) is 13.5 Å². The second kappa shape index (κ2) is 8.87. The molecule has 1 heterocycles. The molecule has 1 saturated heterocycles. The van der Waals surface area contributed by atoms with Crippen LogP contribution < -0.4 is 9.46 Å². The van der Waals surface area contributed by atoms with Gasteiger partial charge < -0.3 is 4.74 Å². The first kappa shape index (κ1) is 19.9. The van der Waals surface area contributed by atoms with Gasteiger partial charge in [0, 0.05) is 12.6 Å². The second-order valence-corrected chi connectivity index (χ2v) is 8.76. The molecule has 2 aromatic rings. The average Bonchev–Trinajstić information content (AvgIpc) is 2.70. The van der Waals surface area contributed by atoms with Crippen LogP contribution in [0.1, 0.15) is 36.4 Å². The Hall–Kier alpha value is -1.89. The number of nitrogens with zero attached hydrogens (tertiary/aromatic N) is 1. The molecule has 27 heavy (non-hydrogen) atoms. The standard InChI is InChI=1S/C21H28N2O3S/c1-17-11-12-20(26-2)21(15-17)27(24,25)22-16-19(18-9-5-3-6-10-18)23-13-7-4-8-14-23/h3,5-6,9-12,15,19,22H,4,7-8,13-14,16H2,1-2H3. The minimum atomic E-state index is -3.67. The molecule has 3 rings (SSSR count). The lowest BCUT2D eigenvalue weighted by molar-refractivity contribution is 0.164.